The Hall–Kier alpha value is -2.40. The maximum absolute atomic E-state index is 5.38. The van der Waals surface area contributed by atoms with Crippen LogP contribution < -0.4 is 0 Å². The molecule has 0 saturated carbocycles. The monoisotopic (exact) mass is 294 g/mol. The van der Waals surface area contributed by atoms with Gasteiger partial charge in [-0.1, -0.05) is 13.0 Å². The van der Waals surface area contributed by atoms with Crippen LogP contribution >= 0.6 is 0 Å². The van der Waals surface area contributed by atoms with Gasteiger partial charge in [0.25, 0.3) is 0 Å². The molecule has 0 spiro atoms. The van der Waals surface area contributed by atoms with Crippen molar-refractivity contribution < 1.29 is 4.42 Å². The van der Waals surface area contributed by atoms with Crippen LogP contribution in [0.1, 0.15) is 18.2 Å². The summed E-state index contributed by atoms with van der Waals surface area (Å²) in [5.41, 5.74) is 3.54. The Bertz CT molecular complexity index is 803. The smallest absolute Gasteiger partial charge is 0.180 e. The summed E-state index contributed by atoms with van der Waals surface area (Å²) in [6.45, 7) is 4.99. The van der Waals surface area contributed by atoms with Crippen LogP contribution in [0.15, 0.2) is 47.6 Å². The molecule has 1 N–H and O–H groups in total. The number of nitrogens with one attached hydrogen (secondary N) is 1. The van der Waals surface area contributed by atoms with E-state index in [1.165, 1.54) is 22.9 Å². The van der Waals surface area contributed by atoms with E-state index in [1.807, 2.05) is 12.3 Å². The van der Waals surface area contributed by atoms with E-state index >= 15 is 0 Å². The van der Waals surface area contributed by atoms with Crippen LogP contribution in [0.5, 0.6) is 0 Å². The summed E-state index contributed by atoms with van der Waals surface area (Å²) in [5, 5.41) is 1.18. The molecule has 4 rings (SSSR count). The fourth-order valence-corrected chi connectivity index (χ4v) is 3.22. The highest BCUT2D eigenvalue weighted by Gasteiger charge is 2.21. The van der Waals surface area contributed by atoms with E-state index in [2.05, 4.69) is 45.1 Å². The Morgan fingerprint density at radius 3 is 3.27 bits per heavy atom. The summed E-state index contributed by atoms with van der Waals surface area (Å²) in [6, 6.07) is 4.11. The molecule has 1 aliphatic rings. The zero-order valence-corrected chi connectivity index (χ0v) is 12.5. The van der Waals surface area contributed by atoms with E-state index in [9.17, 15) is 0 Å². The molecule has 112 valence electrons. The van der Waals surface area contributed by atoms with Gasteiger partial charge >= 0.3 is 0 Å². The lowest BCUT2D eigenvalue weighted by Gasteiger charge is -2.30. The van der Waals surface area contributed by atoms with Crippen molar-refractivity contribution in [2.75, 3.05) is 13.1 Å². The molecule has 5 heteroatoms. The molecule has 22 heavy (non-hydrogen) atoms. The molecule has 4 heterocycles. The average Bonchev–Trinajstić information content (AvgIpc) is 3.15. The number of nitrogens with zero attached hydrogens (tertiary/aromatic N) is 3. The van der Waals surface area contributed by atoms with Crippen LogP contribution in [0.2, 0.25) is 0 Å². The highest BCUT2D eigenvalue weighted by atomic mass is 16.3. The van der Waals surface area contributed by atoms with Gasteiger partial charge in [-0.2, -0.15) is 0 Å². The Morgan fingerprint density at radius 2 is 2.41 bits per heavy atom. The highest BCUT2D eigenvalue weighted by Crippen LogP contribution is 2.29. The molecule has 0 amide bonds. The van der Waals surface area contributed by atoms with Crippen molar-refractivity contribution in [2.45, 2.75) is 13.5 Å². The summed E-state index contributed by atoms with van der Waals surface area (Å²) in [7, 11) is 0. The number of aromatic nitrogens is 3. The van der Waals surface area contributed by atoms with Gasteiger partial charge in [0.05, 0.1) is 12.7 Å². The lowest BCUT2D eigenvalue weighted by Crippen LogP contribution is -2.32. The molecule has 0 bridgehead atoms. The van der Waals surface area contributed by atoms with Gasteiger partial charge in [0.1, 0.15) is 11.4 Å². The van der Waals surface area contributed by atoms with Crippen molar-refractivity contribution in [1.82, 2.24) is 19.9 Å². The Morgan fingerprint density at radius 1 is 1.45 bits per heavy atom. The number of hydrogen-bond donors (Lipinski definition) is 1. The molecular weight excluding hydrogens is 276 g/mol. The number of hydrogen-bond acceptors (Lipinski definition) is 4. The molecule has 3 aromatic rings. The van der Waals surface area contributed by atoms with Gasteiger partial charge in [-0.25, -0.2) is 9.97 Å². The normalized spacial score (nSPS) is 19.5. The summed E-state index contributed by atoms with van der Waals surface area (Å²) in [4.78, 5) is 14.0. The minimum absolute atomic E-state index is 0.508. The zero-order chi connectivity index (χ0) is 14.9. The van der Waals surface area contributed by atoms with Crippen molar-refractivity contribution in [1.29, 1.82) is 0 Å². The van der Waals surface area contributed by atoms with E-state index in [0.29, 0.717) is 5.92 Å². The van der Waals surface area contributed by atoms with Crippen LogP contribution in [0.4, 0.5) is 0 Å². The van der Waals surface area contributed by atoms with Gasteiger partial charge in [0.2, 0.25) is 0 Å². The molecule has 1 aliphatic heterocycles. The van der Waals surface area contributed by atoms with Gasteiger partial charge in [0.15, 0.2) is 6.39 Å². The first-order valence-electron chi connectivity index (χ1n) is 7.52. The number of rotatable bonds is 3. The van der Waals surface area contributed by atoms with Crippen molar-refractivity contribution in [3.8, 4) is 0 Å². The standard InChI is InChI=1S/C17H18N4O/c1-12-5-13(9-21(8-12)10-14-6-18-11-22-14)16-7-20-17-15(16)3-2-4-19-17/h2-7,11-12H,8-10H2,1H3,(H,19,20)/t12-/m0/s1. The first-order chi connectivity index (χ1) is 10.8. The summed E-state index contributed by atoms with van der Waals surface area (Å²) >= 11 is 0. The maximum Gasteiger partial charge on any atom is 0.180 e. The van der Waals surface area contributed by atoms with E-state index in [0.717, 1.165) is 31.0 Å². The predicted octanol–water partition coefficient (Wildman–Crippen LogP) is 3.09. The van der Waals surface area contributed by atoms with E-state index in [4.69, 9.17) is 4.42 Å². The molecule has 0 fully saturated rings. The second-order valence-electron chi connectivity index (χ2n) is 5.91. The second kappa shape index (κ2) is 5.42. The van der Waals surface area contributed by atoms with Gasteiger partial charge < -0.3 is 9.40 Å². The first-order valence-corrected chi connectivity index (χ1v) is 7.52. The molecule has 0 aromatic carbocycles. The van der Waals surface area contributed by atoms with Gasteiger partial charge in [-0.3, -0.25) is 4.90 Å². The lowest BCUT2D eigenvalue weighted by molar-refractivity contribution is 0.243. The molecule has 0 saturated heterocycles. The van der Waals surface area contributed by atoms with Gasteiger partial charge in [0, 0.05) is 36.4 Å². The number of pyridine rings is 1. The largest absolute Gasteiger partial charge is 0.447 e. The van der Waals surface area contributed by atoms with Gasteiger partial charge in [-0.15, -0.1) is 0 Å². The molecule has 0 aliphatic carbocycles. The van der Waals surface area contributed by atoms with Crippen LogP contribution in [-0.4, -0.2) is 32.9 Å². The predicted molar refractivity (Wildman–Crippen MR) is 85.0 cm³/mol. The van der Waals surface area contributed by atoms with Gasteiger partial charge in [-0.05, 0) is 23.6 Å². The van der Waals surface area contributed by atoms with Crippen molar-refractivity contribution in [2.24, 2.45) is 5.92 Å². The third kappa shape index (κ3) is 2.44. The Balaban J connectivity index is 1.63. The molecule has 0 unspecified atom stereocenters. The molecule has 1 atom stereocenters. The third-order valence-corrected chi connectivity index (χ3v) is 4.09. The zero-order valence-electron chi connectivity index (χ0n) is 12.5. The molecule has 0 radical (unpaired) electrons. The average molecular weight is 294 g/mol. The van der Waals surface area contributed by atoms with E-state index < -0.39 is 0 Å². The third-order valence-electron chi connectivity index (χ3n) is 4.09. The van der Waals surface area contributed by atoms with Crippen LogP contribution in [0.25, 0.3) is 16.6 Å². The topological polar surface area (TPSA) is 58.0 Å². The van der Waals surface area contributed by atoms with Crippen LogP contribution in [0.3, 0.4) is 0 Å². The van der Waals surface area contributed by atoms with E-state index in [1.54, 1.807) is 6.20 Å². The minimum atomic E-state index is 0.508. The number of fused-ring (bicyclic) bond motifs is 1. The molecule has 3 aromatic heterocycles. The molecular formula is C17H18N4O. The van der Waals surface area contributed by atoms with E-state index in [-0.39, 0.29) is 0 Å². The summed E-state index contributed by atoms with van der Waals surface area (Å²) < 4.78 is 5.38. The SMILES string of the molecule is C[C@H]1C=C(c2c[nH]c3ncccc23)CN(Cc2cnco2)C1. The lowest BCUT2D eigenvalue weighted by atomic mass is 9.96. The fraction of sp³-hybridized carbons (Fsp3) is 0.294. The maximum atomic E-state index is 5.38. The Labute approximate surface area is 128 Å². The highest BCUT2D eigenvalue weighted by molar-refractivity contribution is 5.91. The second-order valence-corrected chi connectivity index (χ2v) is 5.91. The number of aromatic amines is 1. The molecule has 5 nitrogen and oxygen atoms in total. The van der Waals surface area contributed by atoms with Crippen molar-refractivity contribution in [3.63, 3.8) is 0 Å². The number of H-pyrrole nitrogens is 1. The summed E-state index contributed by atoms with van der Waals surface area (Å²) in [6.07, 6.45) is 9.53. The number of oxazole rings is 1. The fourth-order valence-electron chi connectivity index (χ4n) is 3.22. The Kier molecular flexibility index (Phi) is 3.27. The van der Waals surface area contributed by atoms with Crippen molar-refractivity contribution >= 4 is 16.6 Å². The van der Waals surface area contributed by atoms with Crippen LogP contribution in [-0.2, 0) is 6.54 Å². The van der Waals surface area contributed by atoms with Crippen molar-refractivity contribution in [3.05, 3.63) is 54.5 Å². The quantitative estimate of drug-likeness (QED) is 0.806. The summed E-state index contributed by atoms with van der Waals surface area (Å²) in [5.74, 6) is 1.42. The first kappa shape index (κ1) is 13.3. The van der Waals surface area contributed by atoms with Crippen LogP contribution in [0, 0.1) is 5.92 Å². The minimum Gasteiger partial charge on any atom is -0.447 e.